The molecule has 6 nitrogen and oxygen atoms in total. The van der Waals surface area contributed by atoms with Crippen LogP contribution in [0.1, 0.15) is 12.5 Å². The highest BCUT2D eigenvalue weighted by Gasteiger charge is 2.34. The van der Waals surface area contributed by atoms with Gasteiger partial charge in [-0.25, -0.2) is 0 Å². The molecule has 1 saturated heterocycles. The van der Waals surface area contributed by atoms with Crippen molar-refractivity contribution in [3.63, 3.8) is 0 Å². The Morgan fingerprint density at radius 3 is 2.33 bits per heavy atom. The first kappa shape index (κ1) is 18.8. The molecule has 0 aromatic heterocycles. The minimum Gasteiger partial charge on any atom is -0.497 e. The van der Waals surface area contributed by atoms with Crippen molar-refractivity contribution in [2.45, 2.75) is 6.92 Å². The second-order valence-corrected chi connectivity index (χ2v) is 6.67. The fourth-order valence-corrected chi connectivity index (χ4v) is 3.33. The maximum atomic E-state index is 12.5. The molecule has 0 radical (unpaired) electrons. The van der Waals surface area contributed by atoms with Crippen molar-refractivity contribution >= 4 is 34.7 Å². The van der Waals surface area contributed by atoms with Crippen molar-refractivity contribution in [1.29, 1.82) is 0 Å². The quantitative estimate of drug-likeness (QED) is 0.722. The molecule has 1 aliphatic heterocycles. The standard InChI is InChI=1S/C20H20N2O4S/c1-3-26-17-10-6-15(7-11-17)21-13-22-19(23)18(27-20(22)24)12-14-4-8-16(25-2)9-5-14/h4-12,21H,3,13H2,1-2H3. The summed E-state index contributed by atoms with van der Waals surface area (Å²) in [7, 11) is 1.59. The van der Waals surface area contributed by atoms with E-state index in [-0.39, 0.29) is 17.8 Å². The van der Waals surface area contributed by atoms with Crippen LogP contribution in [0.3, 0.4) is 0 Å². The molecular formula is C20H20N2O4S. The number of benzene rings is 2. The van der Waals surface area contributed by atoms with E-state index < -0.39 is 0 Å². The average Bonchev–Trinajstić information content (AvgIpc) is 2.95. The van der Waals surface area contributed by atoms with Gasteiger partial charge in [-0.1, -0.05) is 12.1 Å². The van der Waals surface area contributed by atoms with Gasteiger partial charge in [-0.05, 0) is 66.7 Å². The first-order valence-electron chi connectivity index (χ1n) is 8.47. The average molecular weight is 384 g/mol. The Kier molecular flexibility index (Phi) is 6.03. The van der Waals surface area contributed by atoms with Crippen LogP contribution in [0.15, 0.2) is 53.4 Å². The number of anilines is 1. The van der Waals surface area contributed by atoms with Crippen molar-refractivity contribution in [3.8, 4) is 11.5 Å². The summed E-state index contributed by atoms with van der Waals surface area (Å²) in [4.78, 5) is 26.3. The summed E-state index contributed by atoms with van der Waals surface area (Å²) in [5.74, 6) is 1.20. The first-order valence-corrected chi connectivity index (χ1v) is 9.28. The highest BCUT2D eigenvalue weighted by atomic mass is 32.2. The molecule has 1 heterocycles. The summed E-state index contributed by atoms with van der Waals surface area (Å²) < 4.78 is 10.5. The van der Waals surface area contributed by atoms with E-state index in [0.717, 1.165) is 34.5 Å². The first-order chi connectivity index (χ1) is 13.1. The Balaban J connectivity index is 1.64. The third-order valence-corrected chi connectivity index (χ3v) is 4.80. The van der Waals surface area contributed by atoms with E-state index in [1.165, 1.54) is 4.90 Å². The minimum absolute atomic E-state index is 0.110. The molecule has 2 amide bonds. The highest BCUT2D eigenvalue weighted by Crippen LogP contribution is 2.32. The maximum Gasteiger partial charge on any atom is 0.295 e. The molecule has 2 aromatic rings. The summed E-state index contributed by atoms with van der Waals surface area (Å²) in [6.07, 6.45) is 1.71. The van der Waals surface area contributed by atoms with Gasteiger partial charge in [0.1, 0.15) is 11.5 Å². The predicted octanol–water partition coefficient (Wildman–Crippen LogP) is 4.20. The number of methoxy groups -OCH3 is 1. The van der Waals surface area contributed by atoms with E-state index in [4.69, 9.17) is 9.47 Å². The number of imide groups is 1. The van der Waals surface area contributed by atoms with Gasteiger partial charge in [0.2, 0.25) is 0 Å². The van der Waals surface area contributed by atoms with Crippen LogP contribution in [0.2, 0.25) is 0 Å². The van der Waals surface area contributed by atoms with Crippen LogP contribution in [0.4, 0.5) is 10.5 Å². The van der Waals surface area contributed by atoms with Gasteiger partial charge < -0.3 is 14.8 Å². The molecule has 0 atom stereocenters. The van der Waals surface area contributed by atoms with Crippen LogP contribution in [-0.4, -0.2) is 36.4 Å². The number of rotatable bonds is 7. The van der Waals surface area contributed by atoms with Gasteiger partial charge in [-0.2, -0.15) is 0 Å². The van der Waals surface area contributed by atoms with E-state index in [2.05, 4.69) is 5.32 Å². The number of nitrogens with zero attached hydrogens (tertiary/aromatic N) is 1. The number of hydrogen-bond acceptors (Lipinski definition) is 6. The fraction of sp³-hybridized carbons (Fsp3) is 0.200. The molecule has 2 aromatic carbocycles. The van der Waals surface area contributed by atoms with Crippen molar-refractivity contribution < 1.29 is 19.1 Å². The van der Waals surface area contributed by atoms with Gasteiger partial charge in [-0.3, -0.25) is 14.5 Å². The monoisotopic (exact) mass is 384 g/mol. The van der Waals surface area contributed by atoms with Crippen LogP contribution < -0.4 is 14.8 Å². The Hall–Kier alpha value is -2.93. The number of nitrogens with one attached hydrogen (secondary N) is 1. The molecule has 0 spiro atoms. The number of ether oxygens (including phenoxy) is 2. The van der Waals surface area contributed by atoms with Crippen LogP contribution >= 0.6 is 11.8 Å². The third kappa shape index (κ3) is 4.62. The Bertz CT molecular complexity index is 847. The minimum atomic E-state index is -0.306. The van der Waals surface area contributed by atoms with Gasteiger partial charge in [0.15, 0.2) is 0 Å². The zero-order chi connectivity index (χ0) is 19.2. The molecule has 0 unspecified atom stereocenters. The summed E-state index contributed by atoms with van der Waals surface area (Å²) in [6, 6.07) is 14.7. The van der Waals surface area contributed by atoms with Crippen LogP contribution in [-0.2, 0) is 4.79 Å². The number of carbonyl (C=O) groups is 2. The molecule has 0 bridgehead atoms. The molecule has 27 heavy (non-hydrogen) atoms. The van der Waals surface area contributed by atoms with Gasteiger partial charge >= 0.3 is 0 Å². The van der Waals surface area contributed by atoms with Crippen molar-refractivity contribution in [1.82, 2.24) is 4.90 Å². The van der Waals surface area contributed by atoms with E-state index in [9.17, 15) is 9.59 Å². The topological polar surface area (TPSA) is 67.9 Å². The van der Waals surface area contributed by atoms with Crippen LogP contribution in [0, 0.1) is 0 Å². The van der Waals surface area contributed by atoms with Crippen LogP contribution in [0.25, 0.3) is 6.08 Å². The van der Waals surface area contributed by atoms with Crippen molar-refractivity contribution in [2.24, 2.45) is 0 Å². The lowest BCUT2D eigenvalue weighted by atomic mass is 10.2. The van der Waals surface area contributed by atoms with E-state index in [0.29, 0.717) is 11.5 Å². The molecule has 1 fully saturated rings. The molecule has 140 valence electrons. The highest BCUT2D eigenvalue weighted by molar-refractivity contribution is 8.18. The molecule has 0 aliphatic carbocycles. The Morgan fingerprint density at radius 2 is 1.70 bits per heavy atom. The largest absolute Gasteiger partial charge is 0.497 e. The molecular weight excluding hydrogens is 364 g/mol. The lowest BCUT2D eigenvalue weighted by Crippen LogP contribution is -2.33. The van der Waals surface area contributed by atoms with Gasteiger partial charge in [-0.15, -0.1) is 0 Å². The summed E-state index contributed by atoms with van der Waals surface area (Å²) in [5.41, 5.74) is 1.64. The zero-order valence-corrected chi connectivity index (χ0v) is 15.9. The molecule has 3 rings (SSSR count). The van der Waals surface area contributed by atoms with Gasteiger partial charge in [0, 0.05) is 5.69 Å². The second kappa shape index (κ2) is 8.64. The summed E-state index contributed by atoms with van der Waals surface area (Å²) >= 11 is 0.938. The molecule has 1 N–H and O–H groups in total. The summed E-state index contributed by atoms with van der Waals surface area (Å²) in [5, 5.41) is 2.79. The number of thioether (sulfide) groups is 1. The van der Waals surface area contributed by atoms with Crippen molar-refractivity contribution in [2.75, 3.05) is 25.7 Å². The second-order valence-electron chi connectivity index (χ2n) is 5.68. The lowest BCUT2D eigenvalue weighted by molar-refractivity contribution is -0.122. The maximum absolute atomic E-state index is 12.5. The van der Waals surface area contributed by atoms with E-state index in [1.807, 2.05) is 55.5 Å². The Morgan fingerprint density at radius 1 is 1.04 bits per heavy atom. The Labute approximate surface area is 162 Å². The third-order valence-electron chi connectivity index (χ3n) is 3.89. The van der Waals surface area contributed by atoms with E-state index in [1.54, 1.807) is 13.2 Å². The number of carbonyl (C=O) groups excluding carboxylic acids is 2. The number of amides is 2. The molecule has 7 heteroatoms. The normalized spacial score (nSPS) is 15.3. The van der Waals surface area contributed by atoms with E-state index >= 15 is 0 Å². The SMILES string of the molecule is CCOc1ccc(NCN2C(=O)SC(=Cc3ccc(OC)cc3)C2=O)cc1. The smallest absolute Gasteiger partial charge is 0.295 e. The number of hydrogen-bond donors (Lipinski definition) is 1. The lowest BCUT2D eigenvalue weighted by Gasteiger charge is -2.14. The molecule has 1 aliphatic rings. The summed E-state index contributed by atoms with van der Waals surface area (Å²) in [6.45, 7) is 2.63. The van der Waals surface area contributed by atoms with Crippen molar-refractivity contribution in [3.05, 3.63) is 59.0 Å². The van der Waals surface area contributed by atoms with Gasteiger partial charge in [0.25, 0.3) is 11.1 Å². The molecule has 0 saturated carbocycles. The predicted molar refractivity (Wildman–Crippen MR) is 107 cm³/mol. The fourth-order valence-electron chi connectivity index (χ4n) is 2.49. The van der Waals surface area contributed by atoms with Crippen LogP contribution in [0.5, 0.6) is 11.5 Å². The zero-order valence-electron chi connectivity index (χ0n) is 15.1. The van der Waals surface area contributed by atoms with Gasteiger partial charge in [0.05, 0.1) is 25.3 Å².